The minimum Gasteiger partial charge on any atom is -0.488 e. The van der Waals surface area contributed by atoms with Gasteiger partial charge in [-0.3, -0.25) is 4.98 Å². The lowest BCUT2D eigenvalue weighted by atomic mass is 10.0. The number of para-hydroxylation sites is 1. The number of hydrogen-bond acceptors (Lipinski definition) is 3. The molecule has 0 fully saturated rings. The summed E-state index contributed by atoms with van der Waals surface area (Å²) in [4.78, 5) is 4.82. The third kappa shape index (κ3) is 2.80. The highest BCUT2D eigenvalue weighted by molar-refractivity contribution is 5.86. The van der Waals surface area contributed by atoms with E-state index in [1.165, 1.54) is 22.4 Å². The molecule has 0 saturated carbocycles. The summed E-state index contributed by atoms with van der Waals surface area (Å²) in [6.45, 7) is 4.50. The first-order valence-corrected chi connectivity index (χ1v) is 8.11. The maximum Gasteiger partial charge on any atom is 0.135 e. The zero-order valence-electron chi connectivity index (χ0n) is 13.3. The van der Waals surface area contributed by atoms with Crippen LogP contribution < -0.4 is 10.1 Å². The predicted octanol–water partition coefficient (Wildman–Crippen LogP) is 3.77. The van der Waals surface area contributed by atoms with E-state index in [1.54, 1.807) is 0 Å². The molecule has 0 spiro atoms. The van der Waals surface area contributed by atoms with Crippen molar-refractivity contribution in [2.45, 2.75) is 26.5 Å². The van der Waals surface area contributed by atoms with E-state index in [2.05, 4.69) is 48.6 Å². The quantitative estimate of drug-likeness (QED) is 0.800. The molecular formula is C20H20N2O. The first-order chi connectivity index (χ1) is 11.3. The number of aromatic nitrogens is 1. The number of nitrogens with zero attached hydrogens (tertiary/aromatic N) is 1. The van der Waals surface area contributed by atoms with Gasteiger partial charge in [-0.15, -0.1) is 0 Å². The number of pyridine rings is 1. The van der Waals surface area contributed by atoms with Gasteiger partial charge in [-0.2, -0.15) is 0 Å². The lowest BCUT2D eigenvalue weighted by Crippen LogP contribution is -2.25. The van der Waals surface area contributed by atoms with Crippen LogP contribution in [0.1, 0.15) is 22.4 Å². The minimum absolute atomic E-state index is 0.584. The van der Waals surface area contributed by atoms with Crippen LogP contribution in [0, 0.1) is 6.92 Å². The predicted molar refractivity (Wildman–Crippen MR) is 92.7 cm³/mol. The van der Waals surface area contributed by atoms with Crippen LogP contribution in [0.5, 0.6) is 5.75 Å². The normalized spacial score (nSPS) is 13.8. The standard InChI is InChI=1S/C20H20N2O/c1-14-6-8-15(9-7-14)13-23-20-16-4-2-3-5-18(16)22-19-10-11-21-12-17(19)20/h2-9,21H,10-13H2,1H3. The SMILES string of the molecule is Cc1ccc(COc2c3c(nc4ccccc24)CCNC3)cc1. The monoisotopic (exact) mass is 304 g/mol. The first-order valence-electron chi connectivity index (χ1n) is 8.11. The Hall–Kier alpha value is -2.39. The van der Waals surface area contributed by atoms with Crippen LogP contribution in [0.4, 0.5) is 0 Å². The maximum atomic E-state index is 6.26. The van der Waals surface area contributed by atoms with Crippen LogP contribution in [0.3, 0.4) is 0 Å². The van der Waals surface area contributed by atoms with Crippen LogP contribution in [-0.2, 0) is 19.6 Å². The second-order valence-electron chi connectivity index (χ2n) is 6.08. The third-order valence-electron chi connectivity index (χ3n) is 4.37. The Balaban J connectivity index is 1.73. The summed E-state index contributed by atoms with van der Waals surface area (Å²) < 4.78 is 6.26. The summed E-state index contributed by atoms with van der Waals surface area (Å²) in [7, 11) is 0. The highest BCUT2D eigenvalue weighted by Crippen LogP contribution is 2.33. The topological polar surface area (TPSA) is 34.1 Å². The molecule has 0 aliphatic carbocycles. The van der Waals surface area contributed by atoms with E-state index in [4.69, 9.17) is 9.72 Å². The van der Waals surface area contributed by atoms with Crippen molar-refractivity contribution in [2.24, 2.45) is 0 Å². The number of nitrogens with one attached hydrogen (secondary N) is 1. The van der Waals surface area contributed by atoms with Gasteiger partial charge in [0.1, 0.15) is 12.4 Å². The van der Waals surface area contributed by atoms with Crippen LogP contribution in [0.25, 0.3) is 10.9 Å². The van der Waals surface area contributed by atoms with Crippen LogP contribution in [0.2, 0.25) is 0 Å². The summed E-state index contributed by atoms with van der Waals surface area (Å²) in [6, 6.07) is 16.8. The number of benzene rings is 2. The van der Waals surface area contributed by atoms with Crippen LogP contribution in [0.15, 0.2) is 48.5 Å². The molecule has 23 heavy (non-hydrogen) atoms. The van der Waals surface area contributed by atoms with Gasteiger partial charge < -0.3 is 10.1 Å². The molecule has 2 heterocycles. The van der Waals surface area contributed by atoms with Gasteiger partial charge in [0.25, 0.3) is 0 Å². The summed E-state index contributed by atoms with van der Waals surface area (Å²) >= 11 is 0. The molecule has 0 saturated heterocycles. The van der Waals surface area contributed by atoms with Gasteiger partial charge in [0.15, 0.2) is 0 Å². The van der Waals surface area contributed by atoms with E-state index in [-0.39, 0.29) is 0 Å². The first kappa shape index (κ1) is 14.2. The van der Waals surface area contributed by atoms with Crippen molar-refractivity contribution in [1.82, 2.24) is 10.3 Å². The van der Waals surface area contributed by atoms with Gasteiger partial charge >= 0.3 is 0 Å². The molecule has 3 heteroatoms. The average molecular weight is 304 g/mol. The summed E-state index contributed by atoms with van der Waals surface area (Å²) in [6.07, 6.45) is 0.959. The molecule has 2 aromatic carbocycles. The molecule has 0 bridgehead atoms. The second kappa shape index (κ2) is 6.01. The largest absolute Gasteiger partial charge is 0.488 e. The average Bonchev–Trinajstić information content (AvgIpc) is 2.60. The fourth-order valence-corrected chi connectivity index (χ4v) is 3.08. The van der Waals surface area contributed by atoms with Gasteiger partial charge in [-0.25, -0.2) is 0 Å². The molecule has 3 nitrogen and oxygen atoms in total. The Labute approximate surface area is 136 Å². The third-order valence-corrected chi connectivity index (χ3v) is 4.37. The van der Waals surface area contributed by atoms with Crippen molar-refractivity contribution >= 4 is 10.9 Å². The lowest BCUT2D eigenvalue weighted by molar-refractivity contribution is 0.304. The lowest BCUT2D eigenvalue weighted by Gasteiger charge is -2.21. The summed E-state index contributed by atoms with van der Waals surface area (Å²) in [5.41, 5.74) is 5.86. The van der Waals surface area contributed by atoms with Crippen molar-refractivity contribution < 1.29 is 4.74 Å². The molecule has 4 rings (SSSR count). The van der Waals surface area contributed by atoms with Crippen LogP contribution in [-0.4, -0.2) is 11.5 Å². The summed E-state index contributed by atoms with van der Waals surface area (Å²) in [5.74, 6) is 0.985. The van der Waals surface area contributed by atoms with Crippen molar-refractivity contribution in [1.29, 1.82) is 0 Å². The molecule has 0 radical (unpaired) electrons. The number of hydrogen-bond donors (Lipinski definition) is 1. The van der Waals surface area contributed by atoms with E-state index in [9.17, 15) is 0 Å². The zero-order chi connectivity index (χ0) is 15.6. The highest BCUT2D eigenvalue weighted by Gasteiger charge is 2.18. The fraction of sp³-hybridized carbons (Fsp3) is 0.250. The fourth-order valence-electron chi connectivity index (χ4n) is 3.08. The zero-order valence-corrected chi connectivity index (χ0v) is 13.3. The van der Waals surface area contributed by atoms with E-state index in [0.29, 0.717) is 6.61 Å². The Bertz CT molecular complexity index is 840. The summed E-state index contributed by atoms with van der Waals surface area (Å²) in [5, 5.41) is 4.53. The number of rotatable bonds is 3. The Kier molecular flexibility index (Phi) is 3.72. The molecule has 0 atom stereocenters. The smallest absolute Gasteiger partial charge is 0.135 e. The van der Waals surface area contributed by atoms with Crippen LogP contribution >= 0.6 is 0 Å². The number of ether oxygens (including phenoxy) is 1. The van der Waals surface area contributed by atoms with E-state index >= 15 is 0 Å². The molecular weight excluding hydrogens is 284 g/mol. The molecule has 3 aromatic rings. The molecule has 0 unspecified atom stereocenters. The van der Waals surface area contributed by atoms with E-state index in [0.717, 1.165) is 36.2 Å². The van der Waals surface area contributed by atoms with Crippen molar-refractivity contribution in [3.8, 4) is 5.75 Å². The molecule has 1 aliphatic heterocycles. The van der Waals surface area contributed by atoms with Gasteiger partial charge in [0.2, 0.25) is 0 Å². The van der Waals surface area contributed by atoms with Gasteiger partial charge in [-0.1, -0.05) is 42.0 Å². The van der Waals surface area contributed by atoms with Crippen molar-refractivity contribution in [3.63, 3.8) is 0 Å². The van der Waals surface area contributed by atoms with Gasteiger partial charge in [-0.05, 0) is 24.6 Å². The molecule has 116 valence electrons. The minimum atomic E-state index is 0.584. The number of aryl methyl sites for hydroxylation is 1. The second-order valence-corrected chi connectivity index (χ2v) is 6.08. The van der Waals surface area contributed by atoms with Crippen molar-refractivity contribution in [3.05, 3.63) is 70.9 Å². The van der Waals surface area contributed by atoms with Gasteiger partial charge in [0.05, 0.1) is 11.2 Å². The maximum absolute atomic E-state index is 6.26. The Morgan fingerprint density at radius 1 is 1.09 bits per heavy atom. The van der Waals surface area contributed by atoms with Crippen molar-refractivity contribution in [2.75, 3.05) is 6.54 Å². The van der Waals surface area contributed by atoms with E-state index in [1.807, 2.05) is 12.1 Å². The van der Waals surface area contributed by atoms with E-state index < -0.39 is 0 Å². The van der Waals surface area contributed by atoms with Gasteiger partial charge in [0, 0.05) is 30.5 Å². The Morgan fingerprint density at radius 2 is 1.91 bits per heavy atom. The molecule has 1 N–H and O–H groups in total. The Morgan fingerprint density at radius 3 is 2.78 bits per heavy atom. The highest BCUT2D eigenvalue weighted by atomic mass is 16.5. The molecule has 0 amide bonds. The molecule has 1 aromatic heterocycles. The number of fused-ring (bicyclic) bond motifs is 2. The molecule has 1 aliphatic rings.